The fourth-order valence-corrected chi connectivity index (χ4v) is 3.46. The van der Waals surface area contributed by atoms with Crippen LogP contribution in [0.25, 0.3) is 0 Å². The van der Waals surface area contributed by atoms with Crippen molar-refractivity contribution >= 4 is 22.0 Å². The maximum Gasteiger partial charge on any atom is 0.373 e. The molecule has 9 heteroatoms. The zero-order valence-corrected chi connectivity index (χ0v) is 14.3. The fourth-order valence-electron chi connectivity index (χ4n) is 2.01. The Hall–Kier alpha value is -1.87. The molecule has 1 heterocycles. The Morgan fingerprint density at radius 2 is 2.00 bits per heavy atom. The second kappa shape index (κ2) is 7.60. The average molecular weight is 347 g/mol. The summed E-state index contributed by atoms with van der Waals surface area (Å²) >= 11 is 0. The normalized spacial score (nSPS) is 13.1. The molecule has 1 aromatic rings. The second-order valence-corrected chi connectivity index (χ2v) is 7.07. The summed E-state index contributed by atoms with van der Waals surface area (Å²) < 4.78 is 36.7. The van der Waals surface area contributed by atoms with Gasteiger partial charge in [-0.25, -0.2) is 13.2 Å². The Morgan fingerprint density at radius 1 is 1.39 bits per heavy atom. The Kier molecular flexibility index (Phi) is 6.34. The molecular formula is C14H21NO7S. The van der Waals surface area contributed by atoms with E-state index < -0.39 is 28.0 Å². The molecule has 8 nitrogen and oxygen atoms in total. The minimum atomic E-state index is -4.15. The number of carboxylic acids is 1. The van der Waals surface area contributed by atoms with Crippen molar-refractivity contribution in [3.63, 3.8) is 0 Å². The number of sulfonamides is 1. The average Bonchev–Trinajstić information content (AvgIpc) is 2.90. The van der Waals surface area contributed by atoms with Gasteiger partial charge >= 0.3 is 11.9 Å². The van der Waals surface area contributed by atoms with Gasteiger partial charge in [-0.15, -0.1) is 0 Å². The van der Waals surface area contributed by atoms with Crippen molar-refractivity contribution in [1.29, 1.82) is 0 Å². The zero-order valence-electron chi connectivity index (χ0n) is 13.5. The molecule has 0 unspecified atom stereocenters. The van der Waals surface area contributed by atoms with E-state index in [4.69, 9.17) is 9.52 Å². The van der Waals surface area contributed by atoms with E-state index in [0.717, 1.165) is 13.2 Å². The van der Waals surface area contributed by atoms with Crippen LogP contribution in [0.3, 0.4) is 0 Å². The largest absolute Gasteiger partial charge is 0.480 e. The van der Waals surface area contributed by atoms with E-state index >= 15 is 0 Å². The minimum Gasteiger partial charge on any atom is -0.480 e. The molecule has 0 saturated heterocycles. The van der Waals surface area contributed by atoms with Crippen molar-refractivity contribution in [3.8, 4) is 0 Å². The van der Waals surface area contributed by atoms with Gasteiger partial charge < -0.3 is 14.3 Å². The Morgan fingerprint density at radius 3 is 2.43 bits per heavy atom. The quantitative estimate of drug-likeness (QED) is 0.681. The number of methoxy groups -OCH3 is 1. The monoisotopic (exact) mass is 347 g/mol. The third-order valence-corrected chi connectivity index (χ3v) is 4.59. The molecule has 23 heavy (non-hydrogen) atoms. The number of carboxylic acid groups (broad SMARTS) is 1. The van der Waals surface area contributed by atoms with Crippen LogP contribution in [0, 0.1) is 5.92 Å². The van der Waals surface area contributed by atoms with E-state index in [1.54, 1.807) is 20.8 Å². The highest BCUT2D eigenvalue weighted by Gasteiger charge is 2.30. The predicted octanol–water partition coefficient (Wildman–Crippen LogP) is 1.41. The molecular weight excluding hydrogens is 326 g/mol. The van der Waals surface area contributed by atoms with Gasteiger partial charge in [-0.05, 0) is 12.3 Å². The van der Waals surface area contributed by atoms with E-state index in [0.29, 0.717) is 0 Å². The molecule has 0 radical (unpaired) electrons. The highest BCUT2D eigenvalue weighted by atomic mass is 32.2. The molecule has 0 aliphatic rings. The number of nitrogens with one attached hydrogen (secondary N) is 1. The van der Waals surface area contributed by atoms with E-state index in [9.17, 15) is 18.0 Å². The Labute approximate surface area is 134 Å². The molecule has 0 saturated carbocycles. The summed E-state index contributed by atoms with van der Waals surface area (Å²) in [4.78, 5) is 22.5. The minimum absolute atomic E-state index is 0.0144. The number of carbonyl (C=O) groups is 2. The van der Waals surface area contributed by atoms with Gasteiger partial charge in [-0.3, -0.25) is 4.79 Å². The summed E-state index contributed by atoms with van der Waals surface area (Å²) in [5.74, 6) is -2.28. The standard InChI is InChI=1S/C14H21NO7S/c1-5-10-12(7-11(22-10)14(18)21-4)23(19,20)15-9(13(16)17)6-8(2)3/h7-9,15H,5-6H2,1-4H3,(H,16,17)/t9-/m0/s1. The molecule has 0 aliphatic carbocycles. The third-order valence-electron chi connectivity index (χ3n) is 3.07. The summed E-state index contributed by atoms with van der Waals surface area (Å²) in [6, 6.07) is -0.220. The molecule has 130 valence electrons. The number of furan rings is 1. The van der Waals surface area contributed by atoms with Gasteiger partial charge in [0.2, 0.25) is 15.8 Å². The van der Waals surface area contributed by atoms with Crippen LogP contribution in [0.15, 0.2) is 15.4 Å². The number of ether oxygens (including phenoxy) is 1. The predicted molar refractivity (Wildman–Crippen MR) is 80.6 cm³/mol. The third kappa shape index (κ3) is 4.80. The molecule has 2 N–H and O–H groups in total. The number of carbonyl (C=O) groups excluding carboxylic acids is 1. The Bertz CT molecular complexity index is 675. The molecule has 1 rings (SSSR count). The number of aliphatic carboxylic acids is 1. The van der Waals surface area contributed by atoms with Gasteiger partial charge in [0.15, 0.2) is 0 Å². The lowest BCUT2D eigenvalue weighted by Crippen LogP contribution is -2.41. The van der Waals surface area contributed by atoms with Crippen LogP contribution in [0.1, 0.15) is 43.5 Å². The molecule has 0 aliphatic heterocycles. The number of rotatable bonds is 8. The maximum absolute atomic E-state index is 12.4. The maximum atomic E-state index is 12.4. The summed E-state index contributed by atoms with van der Waals surface area (Å²) in [6.07, 6.45) is 0.354. The van der Waals surface area contributed by atoms with Gasteiger partial charge in [-0.1, -0.05) is 20.8 Å². The second-order valence-electron chi connectivity index (χ2n) is 5.38. The van der Waals surface area contributed by atoms with Gasteiger partial charge in [0.1, 0.15) is 16.7 Å². The molecule has 0 amide bonds. The highest BCUT2D eigenvalue weighted by Crippen LogP contribution is 2.23. The topological polar surface area (TPSA) is 123 Å². The number of esters is 1. The summed E-state index contributed by atoms with van der Waals surface area (Å²) in [5.41, 5.74) is 0. The molecule has 0 aromatic carbocycles. The first-order valence-electron chi connectivity index (χ1n) is 7.08. The lowest BCUT2D eigenvalue weighted by Gasteiger charge is -2.16. The van der Waals surface area contributed by atoms with E-state index in [-0.39, 0.29) is 35.2 Å². The van der Waals surface area contributed by atoms with Crippen LogP contribution >= 0.6 is 0 Å². The van der Waals surface area contributed by atoms with Gasteiger partial charge in [0, 0.05) is 12.5 Å². The van der Waals surface area contributed by atoms with Crippen LogP contribution in [0.5, 0.6) is 0 Å². The lowest BCUT2D eigenvalue weighted by molar-refractivity contribution is -0.139. The molecule has 0 fully saturated rings. The van der Waals surface area contributed by atoms with Gasteiger partial charge in [-0.2, -0.15) is 4.72 Å². The van der Waals surface area contributed by atoms with Crippen LogP contribution in [0.2, 0.25) is 0 Å². The summed E-state index contributed by atoms with van der Waals surface area (Å²) in [7, 11) is -3.00. The van der Waals surface area contributed by atoms with Gasteiger partial charge in [0.05, 0.1) is 7.11 Å². The van der Waals surface area contributed by atoms with E-state index in [1.807, 2.05) is 0 Å². The summed E-state index contributed by atoms with van der Waals surface area (Å²) in [5, 5.41) is 9.17. The zero-order chi connectivity index (χ0) is 17.8. The fraction of sp³-hybridized carbons (Fsp3) is 0.571. The van der Waals surface area contributed by atoms with Gasteiger partial charge in [0.25, 0.3) is 0 Å². The van der Waals surface area contributed by atoms with Crippen molar-refractivity contribution in [3.05, 3.63) is 17.6 Å². The summed E-state index contributed by atoms with van der Waals surface area (Å²) in [6.45, 7) is 5.23. The number of hydrogen-bond acceptors (Lipinski definition) is 6. The molecule has 1 atom stereocenters. The van der Waals surface area contributed by atoms with Crippen molar-refractivity contribution < 1.29 is 32.3 Å². The smallest absolute Gasteiger partial charge is 0.373 e. The first kappa shape index (κ1) is 19.2. The van der Waals surface area contributed by atoms with Crippen molar-refractivity contribution in [2.24, 2.45) is 5.92 Å². The van der Waals surface area contributed by atoms with E-state index in [1.165, 1.54) is 0 Å². The van der Waals surface area contributed by atoms with Crippen molar-refractivity contribution in [2.45, 2.75) is 44.6 Å². The molecule has 0 bridgehead atoms. The SMILES string of the molecule is CCc1oc(C(=O)OC)cc1S(=O)(=O)N[C@@H](CC(C)C)C(=O)O. The highest BCUT2D eigenvalue weighted by molar-refractivity contribution is 7.89. The number of hydrogen-bond donors (Lipinski definition) is 2. The first-order valence-corrected chi connectivity index (χ1v) is 8.56. The Balaban J connectivity index is 3.19. The first-order chi connectivity index (χ1) is 10.6. The molecule has 0 spiro atoms. The van der Waals surface area contributed by atoms with Crippen molar-refractivity contribution in [1.82, 2.24) is 4.72 Å². The lowest BCUT2D eigenvalue weighted by atomic mass is 10.1. The van der Waals surface area contributed by atoms with Crippen LogP contribution < -0.4 is 4.72 Å². The molecule has 1 aromatic heterocycles. The van der Waals surface area contributed by atoms with Crippen LogP contribution in [-0.2, 0) is 26.0 Å². The van der Waals surface area contributed by atoms with Crippen molar-refractivity contribution in [2.75, 3.05) is 7.11 Å². The van der Waals surface area contributed by atoms with Crippen LogP contribution in [0.4, 0.5) is 0 Å². The van der Waals surface area contributed by atoms with Crippen LogP contribution in [-0.4, -0.2) is 38.6 Å². The van der Waals surface area contributed by atoms with E-state index in [2.05, 4.69) is 9.46 Å². The number of aryl methyl sites for hydroxylation is 1.